The lowest BCUT2D eigenvalue weighted by Crippen LogP contribution is -2.55. The molecule has 162 valence electrons. The van der Waals surface area contributed by atoms with Crippen LogP contribution in [0, 0.1) is 0 Å². The molecule has 5 atom stereocenters. The molecule has 0 radical (unpaired) electrons. The smallest absolute Gasteiger partial charge is 0.167 e. The van der Waals surface area contributed by atoms with E-state index in [1.807, 2.05) is 0 Å². The summed E-state index contributed by atoms with van der Waals surface area (Å²) in [7, 11) is 0. The molecule has 1 heterocycles. The van der Waals surface area contributed by atoms with Crippen LogP contribution in [0.2, 0.25) is 0 Å². The Bertz CT molecular complexity index is 894. The van der Waals surface area contributed by atoms with Crippen LogP contribution in [0.1, 0.15) is 34.0 Å². The maximum Gasteiger partial charge on any atom is 0.167 e. The van der Waals surface area contributed by atoms with Crippen LogP contribution in [0.3, 0.4) is 0 Å². The van der Waals surface area contributed by atoms with Crippen molar-refractivity contribution in [1.29, 1.82) is 0 Å². The molecule has 0 unspecified atom stereocenters. The van der Waals surface area contributed by atoms with E-state index in [0.717, 1.165) is 17.7 Å². The van der Waals surface area contributed by atoms with Gasteiger partial charge in [0.2, 0.25) is 0 Å². The average molecular weight is 420 g/mol. The van der Waals surface area contributed by atoms with Crippen LogP contribution >= 0.6 is 0 Å². The summed E-state index contributed by atoms with van der Waals surface area (Å²) >= 11 is 0. The van der Waals surface area contributed by atoms with Crippen molar-refractivity contribution in [2.45, 2.75) is 43.4 Å². The predicted octanol–water partition coefficient (Wildman–Crippen LogP) is 0.134. The Balaban J connectivity index is 1.91. The van der Waals surface area contributed by atoms with Crippen LogP contribution < -0.4 is 0 Å². The van der Waals surface area contributed by atoms with Gasteiger partial charge in [-0.3, -0.25) is 4.79 Å². The Morgan fingerprint density at radius 3 is 2.20 bits per heavy atom. The molecule has 2 aromatic carbocycles. The standard InChI is InChI=1S/C21H24O9/c22-9-16-18(27)19(28)20(29)21(30-16)13-7-12(24)8-15(26)17(13)14(25)6-3-10-1-4-11(23)5-2-10/h1-2,4-5,7-8,16,18-24,26-29H,3,6,9H2/t16-,18-,19+,20-,21+/m1/s1. The first-order valence-electron chi connectivity index (χ1n) is 9.40. The number of rotatable bonds is 6. The first-order chi connectivity index (χ1) is 14.2. The largest absolute Gasteiger partial charge is 0.508 e. The summed E-state index contributed by atoms with van der Waals surface area (Å²) in [5.74, 6) is -1.34. The van der Waals surface area contributed by atoms with E-state index in [9.17, 15) is 40.5 Å². The normalized spacial score (nSPS) is 26.5. The first-order valence-corrected chi connectivity index (χ1v) is 9.40. The molecule has 9 nitrogen and oxygen atoms in total. The van der Waals surface area contributed by atoms with Crippen molar-refractivity contribution < 1.29 is 45.3 Å². The predicted molar refractivity (Wildman–Crippen MR) is 103 cm³/mol. The zero-order valence-electron chi connectivity index (χ0n) is 15.9. The fraction of sp³-hybridized carbons (Fsp3) is 0.381. The highest BCUT2D eigenvalue weighted by atomic mass is 16.5. The summed E-state index contributed by atoms with van der Waals surface area (Å²) < 4.78 is 5.48. The molecule has 7 N–H and O–H groups in total. The zero-order valence-corrected chi connectivity index (χ0v) is 15.9. The van der Waals surface area contributed by atoms with E-state index in [2.05, 4.69) is 0 Å². The Morgan fingerprint density at radius 2 is 1.57 bits per heavy atom. The number of hydrogen-bond acceptors (Lipinski definition) is 9. The molecule has 0 amide bonds. The highest BCUT2D eigenvalue weighted by Crippen LogP contribution is 2.39. The minimum absolute atomic E-state index is 0.0342. The van der Waals surface area contributed by atoms with Crippen molar-refractivity contribution in [3.05, 3.63) is 53.1 Å². The van der Waals surface area contributed by atoms with Gasteiger partial charge in [0, 0.05) is 18.1 Å². The molecule has 1 fully saturated rings. The average Bonchev–Trinajstić information content (AvgIpc) is 2.71. The highest BCUT2D eigenvalue weighted by molar-refractivity contribution is 6.00. The second kappa shape index (κ2) is 8.99. The monoisotopic (exact) mass is 420 g/mol. The van der Waals surface area contributed by atoms with E-state index < -0.39 is 54.4 Å². The molecule has 1 aliphatic rings. The van der Waals surface area contributed by atoms with Gasteiger partial charge in [-0.05, 0) is 30.2 Å². The van der Waals surface area contributed by atoms with Gasteiger partial charge in [0.05, 0.1) is 12.2 Å². The molecule has 0 aromatic heterocycles. The lowest BCUT2D eigenvalue weighted by molar-refractivity contribution is -0.231. The molecule has 0 saturated carbocycles. The van der Waals surface area contributed by atoms with Gasteiger partial charge in [-0.1, -0.05) is 12.1 Å². The summed E-state index contributed by atoms with van der Waals surface area (Å²) in [6, 6.07) is 8.37. The number of phenolic OH excluding ortho intramolecular Hbond substituents is 3. The second-order valence-corrected chi connectivity index (χ2v) is 7.27. The van der Waals surface area contributed by atoms with Gasteiger partial charge in [-0.15, -0.1) is 0 Å². The molecular formula is C21H24O9. The topological polar surface area (TPSA) is 168 Å². The van der Waals surface area contributed by atoms with Crippen molar-refractivity contribution in [1.82, 2.24) is 0 Å². The van der Waals surface area contributed by atoms with Crippen molar-refractivity contribution >= 4 is 5.78 Å². The summed E-state index contributed by atoms with van der Waals surface area (Å²) in [6.45, 7) is -0.656. The highest BCUT2D eigenvalue weighted by Gasteiger charge is 2.45. The zero-order chi connectivity index (χ0) is 22.0. The molecule has 0 bridgehead atoms. The van der Waals surface area contributed by atoms with E-state index in [1.165, 1.54) is 12.1 Å². The Hall–Kier alpha value is -2.69. The van der Waals surface area contributed by atoms with Crippen LogP contribution in [0.5, 0.6) is 17.2 Å². The SMILES string of the molecule is O=C(CCc1ccc(O)cc1)c1c(O)cc(O)cc1[C@@H]1O[C@H](CO)[C@@H](O)[C@H](O)[C@H]1O. The van der Waals surface area contributed by atoms with E-state index in [0.29, 0.717) is 6.42 Å². The number of aliphatic hydroxyl groups is 4. The quantitative estimate of drug-likeness (QED) is 0.321. The molecule has 1 saturated heterocycles. The summed E-state index contributed by atoms with van der Waals surface area (Å²) in [4.78, 5) is 12.9. The molecule has 9 heteroatoms. The number of ether oxygens (including phenoxy) is 1. The van der Waals surface area contributed by atoms with Gasteiger partial charge < -0.3 is 40.5 Å². The maximum absolute atomic E-state index is 12.9. The number of aliphatic hydroxyl groups excluding tert-OH is 4. The third kappa shape index (κ3) is 4.40. The number of carbonyl (C=O) groups excluding carboxylic acids is 1. The minimum Gasteiger partial charge on any atom is -0.508 e. The maximum atomic E-state index is 12.9. The minimum atomic E-state index is -1.68. The summed E-state index contributed by atoms with van der Waals surface area (Å²) in [5.41, 5.74) is 0.504. The number of Topliss-reactive ketones (excluding diaryl/α,β-unsaturated/α-hetero) is 1. The molecule has 3 rings (SSSR count). The fourth-order valence-electron chi connectivity index (χ4n) is 3.57. The molecule has 2 aromatic rings. The van der Waals surface area contributed by atoms with Gasteiger partial charge in [-0.2, -0.15) is 0 Å². The van der Waals surface area contributed by atoms with Crippen LogP contribution in [0.25, 0.3) is 0 Å². The Morgan fingerprint density at radius 1 is 0.900 bits per heavy atom. The summed E-state index contributed by atoms with van der Waals surface area (Å²) in [5, 5.41) is 69.3. The fourth-order valence-corrected chi connectivity index (χ4v) is 3.57. The lowest BCUT2D eigenvalue weighted by Gasteiger charge is -2.40. The van der Waals surface area contributed by atoms with Crippen LogP contribution in [-0.2, 0) is 11.2 Å². The summed E-state index contributed by atoms with van der Waals surface area (Å²) in [6.07, 6.45) is -7.26. The van der Waals surface area contributed by atoms with E-state index >= 15 is 0 Å². The van der Waals surface area contributed by atoms with Gasteiger partial charge in [0.1, 0.15) is 47.8 Å². The van der Waals surface area contributed by atoms with Crippen molar-refractivity contribution in [2.75, 3.05) is 6.61 Å². The number of benzene rings is 2. The van der Waals surface area contributed by atoms with Crippen molar-refractivity contribution in [3.63, 3.8) is 0 Å². The molecule has 30 heavy (non-hydrogen) atoms. The third-order valence-electron chi connectivity index (χ3n) is 5.19. The third-order valence-corrected chi connectivity index (χ3v) is 5.19. The Labute approximate surface area is 172 Å². The van der Waals surface area contributed by atoms with Crippen molar-refractivity contribution in [3.8, 4) is 17.2 Å². The molecule has 0 spiro atoms. The van der Waals surface area contributed by atoms with Gasteiger partial charge in [0.15, 0.2) is 5.78 Å². The van der Waals surface area contributed by atoms with Gasteiger partial charge in [-0.25, -0.2) is 0 Å². The number of aryl methyl sites for hydroxylation is 1. The van der Waals surface area contributed by atoms with Crippen molar-refractivity contribution in [2.24, 2.45) is 0 Å². The number of phenols is 3. The number of ketones is 1. The Kier molecular flexibility index (Phi) is 6.59. The second-order valence-electron chi connectivity index (χ2n) is 7.27. The number of aromatic hydroxyl groups is 3. The van der Waals surface area contributed by atoms with E-state index in [-0.39, 0.29) is 23.3 Å². The number of carbonyl (C=O) groups is 1. The van der Waals surface area contributed by atoms with Gasteiger partial charge in [0.25, 0.3) is 0 Å². The van der Waals surface area contributed by atoms with Gasteiger partial charge >= 0.3 is 0 Å². The first kappa shape index (κ1) is 22.0. The van der Waals surface area contributed by atoms with E-state index in [4.69, 9.17) is 4.74 Å². The molecular weight excluding hydrogens is 396 g/mol. The molecule has 0 aliphatic carbocycles. The van der Waals surface area contributed by atoms with Crippen LogP contribution in [0.4, 0.5) is 0 Å². The molecule has 1 aliphatic heterocycles. The number of hydrogen-bond donors (Lipinski definition) is 7. The van der Waals surface area contributed by atoms with E-state index in [1.54, 1.807) is 12.1 Å². The van der Waals surface area contributed by atoms with Crippen LogP contribution in [0.15, 0.2) is 36.4 Å². The lowest BCUT2D eigenvalue weighted by atomic mass is 9.87. The van der Waals surface area contributed by atoms with Crippen LogP contribution in [-0.4, -0.2) is 72.6 Å².